The van der Waals surface area contributed by atoms with Crippen LogP contribution in [0.1, 0.15) is 55.8 Å². The van der Waals surface area contributed by atoms with Crippen LogP contribution in [-0.2, 0) is 4.79 Å². The van der Waals surface area contributed by atoms with E-state index in [1.807, 2.05) is 25.1 Å². The third-order valence-corrected chi connectivity index (χ3v) is 3.60. The number of benzene rings is 1. The lowest BCUT2D eigenvalue weighted by Gasteiger charge is -2.19. The highest BCUT2D eigenvalue weighted by molar-refractivity contribution is 5.71. The second-order valence-electron chi connectivity index (χ2n) is 5.12. The Morgan fingerprint density at radius 1 is 1.44 bits per heavy atom. The van der Waals surface area contributed by atoms with Gasteiger partial charge in [0.25, 0.3) is 0 Å². The minimum absolute atomic E-state index is 0.504. The van der Waals surface area contributed by atoms with Crippen LogP contribution in [0.5, 0.6) is 0 Å². The molecule has 18 heavy (non-hydrogen) atoms. The Balaban J connectivity index is 2.17. The second kappa shape index (κ2) is 5.53. The molecule has 0 amide bonds. The van der Waals surface area contributed by atoms with Crippen molar-refractivity contribution in [2.24, 2.45) is 5.92 Å². The number of carboxylic acid groups (broad SMARTS) is 1. The van der Waals surface area contributed by atoms with Crippen molar-refractivity contribution in [2.45, 2.75) is 44.6 Å². The predicted molar refractivity (Wildman–Crippen MR) is 69.4 cm³/mol. The van der Waals surface area contributed by atoms with Gasteiger partial charge in [-0.3, -0.25) is 4.79 Å². The molecule has 1 aliphatic rings. The van der Waals surface area contributed by atoms with Crippen LogP contribution in [0.3, 0.4) is 0 Å². The quantitative estimate of drug-likeness (QED) is 0.813. The zero-order valence-electron chi connectivity index (χ0n) is 10.7. The van der Waals surface area contributed by atoms with Gasteiger partial charge in [0, 0.05) is 0 Å². The van der Waals surface area contributed by atoms with Gasteiger partial charge in [0.1, 0.15) is 0 Å². The van der Waals surface area contributed by atoms with Crippen LogP contribution < -0.4 is 0 Å². The SMILES string of the molecule is CCCC(C(=O)O)C(O)c1cccc(C2CC2)c1. The van der Waals surface area contributed by atoms with Gasteiger partial charge >= 0.3 is 5.97 Å². The van der Waals surface area contributed by atoms with Gasteiger partial charge in [-0.05, 0) is 36.3 Å². The maximum atomic E-state index is 11.2. The third-order valence-electron chi connectivity index (χ3n) is 3.60. The van der Waals surface area contributed by atoms with E-state index < -0.39 is 18.0 Å². The van der Waals surface area contributed by atoms with Crippen LogP contribution in [0, 0.1) is 5.92 Å². The molecule has 98 valence electrons. The number of carboxylic acids is 1. The van der Waals surface area contributed by atoms with E-state index >= 15 is 0 Å². The van der Waals surface area contributed by atoms with E-state index in [2.05, 4.69) is 6.07 Å². The fourth-order valence-electron chi connectivity index (χ4n) is 2.37. The predicted octanol–water partition coefficient (Wildman–Crippen LogP) is 3.10. The van der Waals surface area contributed by atoms with Gasteiger partial charge in [-0.15, -0.1) is 0 Å². The lowest BCUT2D eigenvalue weighted by molar-refractivity contribution is -0.146. The monoisotopic (exact) mass is 248 g/mol. The normalized spacial score (nSPS) is 18.3. The molecule has 2 atom stereocenters. The number of carbonyl (C=O) groups is 1. The van der Waals surface area contributed by atoms with Gasteiger partial charge in [0.2, 0.25) is 0 Å². The molecular formula is C15H20O3. The van der Waals surface area contributed by atoms with Crippen molar-refractivity contribution < 1.29 is 15.0 Å². The molecule has 0 aromatic heterocycles. The molecule has 1 aliphatic carbocycles. The Hall–Kier alpha value is -1.35. The second-order valence-corrected chi connectivity index (χ2v) is 5.12. The Morgan fingerprint density at radius 3 is 2.72 bits per heavy atom. The average molecular weight is 248 g/mol. The zero-order valence-corrected chi connectivity index (χ0v) is 10.7. The van der Waals surface area contributed by atoms with E-state index in [1.54, 1.807) is 0 Å². The summed E-state index contributed by atoms with van der Waals surface area (Å²) < 4.78 is 0. The van der Waals surface area contributed by atoms with Gasteiger partial charge in [-0.2, -0.15) is 0 Å². The molecule has 0 heterocycles. The van der Waals surface area contributed by atoms with E-state index in [0.29, 0.717) is 12.3 Å². The number of aliphatic hydroxyl groups excluding tert-OH is 1. The summed E-state index contributed by atoms with van der Waals surface area (Å²) in [5.74, 6) is -1.00. The van der Waals surface area contributed by atoms with Gasteiger partial charge < -0.3 is 10.2 Å². The number of hydrogen-bond donors (Lipinski definition) is 2. The first-order chi connectivity index (χ1) is 8.63. The summed E-state index contributed by atoms with van der Waals surface area (Å²) in [5.41, 5.74) is 1.97. The molecule has 2 rings (SSSR count). The Morgan fingerprint density at radius 2 is 2.17 bits per heavy atom. The molecule has 1 aromatic rings. The zero-order chi connectivity index (χ0) is 13.1. The summed E-state index contributed by atoms with van der Waals surface area (Å²) in [4.78, 5) is 11.2. The van der Waals surface area contributed by atoms with Crippen molar-refractivity contribution in [3.05, 3.63) is 35.4 Å². The van der Waals surface area contributed by atoms with Crippen molar-refractivity contribution in [3.63, 3.8) is 0 Å². The van der Waals surface area contributed by atoms with Crippen molar-refractivity contribution >= 4 is 5.97 Å². The maximum absolute atomic E-state index is 11.2. The molecule has 3 heteroatoms. The van der Waals surface area contributed by atoms with Crippen molar-refractivity contribution in [2.75, 3.05) is 0 Å². The number of hydrogen-bond acceptors (Lipinski definition) is 2. The summed E-state index contributed by atoms with van der Waals surface area (Å²) in [7, 11) is 0. The molecule has 2 N–H and O–H groups in total. The molecule has 0 bridgehead atoms. The number of aliphatic hydroxyl groups is 1. The smallest absolute Gasteiger partial charge is 0.309 e. The summed E-state index contributed by atoms with van der Waals surface area (Å²) in [6.45, 7) is 1.93. The van der Waals surface area contributed by atoms with Crippen LogP contribution in [0.2, 0.25) is 0 Å². The largest absolute Gasteiger partial charge is 0.481 e. The van der Waals surface area contributed by atoms with E-state index in [-0.39, 0.29) is 0 Å². The van der Waals surface area contributed by atoms with Crippen molar-refractivity contribution in [3.8, 4) is 0 Å². The summed E-state index contributed by atoms with van der Waals surface area (Å²) >= 11 is 0. The van der Waals surface area contributed by atoms with Gasteiger partial charge in [0.05, 0.1) is 12.0 Å². The van der Waals surface area contributed by atoms with Gasteiger partial charge in [0.15, 0.2) is 0 Å². The minimum Gasteiger partial charge on any atom is -0.481 e. The van der Waals surface area contributed by atoms with Gasteiger partial charge in [-0.1, -0.05) is 37.6 Å². The van der Waals surface area contributed by atoms with E-state index in [0.717, 1.165) is 12.0 Å². The van der Waals surface area contributed by atoms with Crippen LogP contribution in [-0.4, -0.2) is 16.2 Å². The highest BCUT2D eigenvalue weighted by atomic mass is 16.4. The number of rotatable bonds is 6. The fourth-order valence-corrected chi connectivity index (χ4v) is 2.37. The first kappa shape index (κ1) is 13.1. The Bertz CT molecular complexity index is 424. The molecular weight excluding hydrogens is 228 g/mol. The molecule has 0 radical (unpaired) electrons. The maximum Gasteiger partial charge on any atom is 0.309 e. The first-order valence-corrected chi connectivity index (χ1v) is 6.64. The van der Waals surface area contributed by atoms with Crippen molar-refractivity contribution in [1.82, 2.24) is 0 Å². The van der Waals surface area contributed by atoms with Gasteiger partial charge in [-0.25, -0.2) is 0 Å². The lowest BCUT2D eigenvalue weighted by Crippen LogP contribution is -2.22. The molecule has 3 nitrogen and oxygen atoms in total. The molecule has 0 aliphatic heterocycles. The number of aliphatic carboxylic acids is 1. The topological polar surface area (TPSA) is 57.5 Å². The van der Waals surface area contributed by atoms with E-state index in [9.17, 15) is 9.90 Å². The molecule has 1 fully saturated rings. The van der Waals surface area contributed by atoms with Crippen molar-refractivity contribution in [1.29, 1.82) is 0 Å². The summed E-state index contributed by atoms with van der Waals surface area (Å²) in [6, 6.07) is 7.76. The molecule has 1 aromatic carbocycles. The standard InChI is InChI=1S/C15H20O3/c1-2-4-13(15(17)18)14(16)12-6-3-5-11(9-12)10-7-8-10/h3,5-6,9-10,13-14,16H,2,4,7-8H2,1H3,(H,17,18). The van der Waals surface area contributed by atoms with Crippen LogP contribution in [0.15, 0.2) is 24.3 Å². The Kier molecular flexibility index (Phi) is 4.02. The van der Waals surface area contributed by atoms with E-state index in [4.69, 9.17) is 5.11 Å². The summed E-state index contributed by atoms with van der Waals surface area (Å²) in [5, 5.41) is 19.4. The summed E-state index contributed by atoms with van der Waals surface area (Å²) in [6.07, 6.45) is 2.77. The highest BCUT2D eigenvalue weighted by Crippen LogP contribution is 2.41. The minimum atomic E-state index is -0.916. The molecule has 2 unspecified atom stereocenters. The Labute approximate surface area is 107 Å². The van der Waals surface area contributed by atoms with Crippen LogP contribution >= 0.6 is 0 Å². The highest BCUT2D eigenvalue weighted by Gasteiger charge is 2.28. The fraction of sp³-hybridized carbons (Fsp3) is 0.533. The molecule has 0 spiro atoms. The first-order valence-electron chi connectivity index (χ1n) is 6.64. The van der Waals surface area contributed by atoms with Crippen LogP contribution in [0.25, 0.3) is 0 Å². The molecule has 1 saturated carbocycles. The lowest BCUT2D eigenvalue weighted by atomic mass is 9.91. The average Bonchev–Trinajstić information content (AvgIpc) is 3.19. The van der Waals surface area contributed by atoms with E-state index in [1.165, 1.54) is 18.4 Å². The van der Waals surface area contributed by atoms with Crippen LogP contribution in [0.4, 0.5) is 0 Å². The third kappa shape index (κ3) is 2.91. The molecule has 0 saturated heterocycles.